The molecule has 0 aromatic rings. The third kappa shape index (κ3) is 8.35. The van der Waals surface area contributed by atoms with Gasteiger partial charge < -0.3 is 8.85 Å². The molecule has 0 rings (SSSR count). The first-order chi connectivity index (χ1) is 4.41. The summed E-state index contributed by atoms with van der Waals surface area (Å²) in [6.07, 6.45) is 1.08. The third-order valence-corrected chi connectivity index (χ3v) is 2.38. The Kier molecular flexibility index (Phi) is 8.68. The molecule has 0 aliphatic heterocycles. The van der Waals surface area contributed by atoms with Crippen LogP contribution in [0.25, 0.3) is 0 Å². The van der Waals surface area contributed by atoms with Crippen molar-refractivity contribution in [3.63, 3.8) is 0 Å². The Morgan fingerprint density at radius 1 is 1.00 bits per heavy atom. The summed E-state index contributed by atoms with van der Waals surface area (Å²) in [5.41, 5.74) is 0. The van der Waals surface area contributed by atoms with Gasteiger partial charge in [0.25, 0.3) is 0 Å². The van der Waals surface area contributed by atoms with Crippen molar-refractivity contribution >= 4 is 19.5 Å². The molecule has 0 aromatic heterocycles. The summed E-state index contributed by atoms with van der Waals surface area (Å²) in [6.45, 7) is 6.12. The molecule has 0 radical (unpaired) electrons. The van der Waals surface area contributed by atoms with Gasteiger partial charge >= 0.3 is 0 Å². The molecule has 4 heteroatoms. The van der Waals surface area contributed by atoms with E-state index in [1.54, 1.807) is 0 Å². The molecule has 0 bridgehead atoms. The van der Waals surface area contributed by atoms with Crippen LogP contribution >= 0.6 is 0 Å². The van der Waals surface area contributed by atoms with Crippen molar-refractivity contribution in [1.29, 1.82) is 0 Å². The molecule has 0 saturated heterocycles. The SMILES string of the molecule is C[SiH2]OCCCO[SiH2]C. The fourth-order valence-corrected chi connectivity index (χ4v) is 1.54. The third-order valence-electron chi connectivity index (χ3n) is 0.986. The van der Waals surface area contributed by atoms with Crippen LogP contribution in [0, 0.1) is 0 Å². The zero-order chi connectivity index (χ0) is 6.95. The first-order valence-corrected chi connectivity index (χ1v) is 7.55. The minimum atomic E-state index is -0.164. The van der Waals surface area contributed by atoms with Crippen molar-refractivity contribution in [2.24, 2.45) is 0 Å². The van der Waals surface area contributed by atoms with Crippen molar-refractivity contribution < 1.29 is 8.85 Å². The zero-order valence-corrected chi connectivity index (χ0v) is 9.18. The van der Waals surface area contributed by atoms with E-state index in [1.165, 1.54) is 0 Å². The highest BCUT2D eigenvalue weighted by Gasteiger charge is 1.84. The van der Waals surface area contributed by atoms with Gasteiger partial charge in [-0.3, -0.25) is 0 Å². The molecular formula is C5H16O2Si2. The van der Waals surface area contributed by atoms with Gasteiger partial charge in [-0.25, -0.2) is 0 Å². The van der Waals surface area contributed by atoms with Crippen LogP contribution in [0.2, 0.25) is 13.1 Å². The molecule has 0 amide bonds. The lowest BCUT2D eigenvalue weighted by Gasteiger charge is -2.00. The van der Waals surface area contributed by atoms with Gasteiger partial charge in [0.2, 0.25) is 0 Å². The molecule has 0 aromatic carbocycles. The lowest BCUT2D eigenvalue weighted by Crippen LogP contribution is -2.02. The highest BCUT2D eigenvalue weighted by molar-refractivity contribution is 6.25. The van der Waals surface area contributed by atoms with Crippen molar-refractivity contribution in [2.75, 3.05) is 13.2 Å². The van der Waals surface area contributed by atoms with Crippen LogP contribution in [-0.2, 0) is 8.85 Å². The van der Waals surface area contributed by atoms with Crippen LogP contribution in [0.4, 0.5) is 0 Å². The maximum Gasteiger partial charge on any atom is 0.158 e. The molecule has 0 heterocycles. The Labute approximate surface area is 61.8 Å². The van der Waals surface area contributed by atoms with E-state index in [2.05, 4.69) is 13.1 Å². The largest absolute Gasteiger partial charge is 0.424 e. The highest BCUT2D eigenvalue weighted by Crippen LogP contribution is 1.81. The van der Waals surface area contributed by atoms with Gasteiger partial charge in [-0.2, -0.15) is 0 Å². The first-order valence-electron chi connectivity index (χ1n) is 3.57. The van der Waals surface area contributed by atoms with Crippen LogP contribution in [-0.4, -0.2) is 32.7 Å². The summed E-state index contributed by atoms with van der Waals surface area (Å²) < 4.78 is 10.5. The van der Waals surface area contributed by atoms with E-state index in [-0.39, 0.29) is 19.5 Å². The second kappa shape index (κ2) is 8.35. The molecule has 2 nitrogen and oxygen atoms in total. The van der Waals surface area contributed by atoms with Gasteiger partial charge in [0.05, 0.1) is 0 Å². The van der Waals surface area contributed by atoms with Crippen molar-refractivity contribution in [3.05, 3.63) is 0 Å². The van der Waals surface area contributed by atoms with Crippen LogP contribution in [0.5, 0.6) is 0 Å². The maximum atomic E-state index is 5.25. The smallest absolute Gasteiger partial charge is 0.158 e. The summed E-state index contributed by atoms with van der Waals surface area (Å²) >= 11 is 0. The number of hydrogen-bond acceptors (Lipinski definition) is 2. The average molecular weight is 164 g/mol. The summed E-state index contributed by atoms with van der Waals surface area (Å²) in [7, 11) is -0.329. The Hall–Kier alpha value is 0.354. The lowest BCUT2D eigenvalue weighted by atomic mass is 10.5. The summed E-state index contributed by atoms with van der Waals surface area (Å²) in [5.74, 6) is 0. The van der Waals surface area contributed by atoms with Gasteiger partial charge in [0.1, 0.15) is 0 Å². The number of rotatable bonds is 6. The molecule has 0 fully saturated rings. The van der Waals surface area contributed by atoms with Gasteiger partial charge in [0.15, 0.2) is 19.5 Å². The molecular weight excluding hydrogens is 148 g/mol. The van der Waals surface area contributed by atoms with E-state index in [0.29, 0.717) is 0 Å². The zero-order valence-electron chi connectivity index (χ0n) is 6.35. The van der Waals surface area contributed by atoms with Crippen LogP contribution in [0.1, 0.15) is 6.42 Å². The van der Waals surface area contributed by atoms with E-state index in [4.69, 9.17) is 8.85 Å². The average Bonchev–Trinajstić information content (AvgIpc) is 1.89. The van der Waals surface area contributed by atoms with Crippen LogP contribution in [0.15, 0.2) is 0 Å². The lowest BCUT2D eigenvalue weighted by molar-refractivity contribution is 0.263. The monoisotopic (exact) mass is 164 g/mol. The second-order valence-corrected chi connectivity index (χ2v) is 3.72. The standard InChI is InChI=1S/C5H16O2Si2/c1-8-6-4-3-5-7-9-2/h3-5,8-9H2,1-2H3. The molecule has 0 spiro atoms. The van der Waals surface area contributed by atoms with E-state index in [0.717, 1.165) is 19.6 Å². The van der Waals surface area contributed by atoms with E-state index in [9.17, 15) is 0 Å². The maximum absolute atomic E-state index is 5.25. The summed E-state index contributed by atoms with van der Waals surface area (Å²) in [4.78, 5) is 0. The number of hydrogen-bond donors (Lipinski definition) is 0. The molecule has 0 saturated carbocycles. The van der Waals surface area contributed by atoms with Gasteiger partial charge in [0, 0.05) is 13.2 Å². The fraction of sp³-hybridized carbons (Fsp3) is 1.00. The highest BCUT2D eigenvalue weighted by atomic mass is 28.2. The minimum Gasteiger partial charge on any atom is -0.424 e. The molecule has 9 heavy (non-hydrogen) atoms. The van der Waals surface area contributed by atoms with E-state index >= 15 is 0 Å². The molecule has 0 aliphatic carbocycles. The molecule has 0 aliphatic rings. The first kappa shape index (κ1) is 9.35. The van der Waals surface area contributed by atoms with E-state index < -0.39 is 0 Å². The normalized spacial score (nSPS) is 12.7. The fourth-order valence-electron chi connectivity index (χ4n) is 0.552. The Bertz CT molecular complexity index is 46.2. The van der Waals surface area contributed by atoms with E-state index in [1.807, 2.05) is 0 Å². The van der Waals surface area contributed by atoms with Crippen molar-refractivity contribution in [1.82, 2.24) is 0 Å². The van der Waals surface area contributed by atoms with Gasteiger partial charge in [-0.1, -0.05) is 13.1 Å². The Morgan fingerprint density at radius 3 is 1.78 bits per heavy atom. The predicted octanol–water partition coefficient (Wildman–Crippen LogP) is -0.327. The predicted molar refractivity (Wildman–Crippen MR) is 45.3 cm³/mol. The Balaban J connectivity index is 2.60. The minimum absolute atomic E-state index is 0.164. The molecule has 0 N–H and O–H groups in total. The van der Waals surface area contributed by atoms with Crippen molar-refractivity contribution in [2.45, 2.75) is 19.5 Å². The van der Waals surface area contributed by atoms with Gasteiger partial charge in [-0.15, -0.1) is 0 Å². The second-order valence-electron chi connectivity index (χ2n) is 1.75. The van der Waals surface area contributed by atoms with Gasteiger partial charge in [-0.05, 0) is 6.42 Å². The Morgan fingerprint density at radius 2 is 1.44 bits per heavy atom. The molecule has 0 atom stereocenters. The summed E-state index contributed by atoms with van der Waals surface area (Å²) in [6, 6.07) is 0. The van der Waals surface area contributed by atoms with Crippen LogP contribution < -0.4 is 0 Å². The quantitative estimate of drug-likeness (QED) is 0.395. The summed E-state index contributed by atoms with van der Waals surface area (Å²) in [5, 5.41) is 0. The van der Waals surface area contributed by atoms with Crippen LogP contribution in [0.3, 0.4) is 0 Å². The molecule has 0 unspecified atom stereocenters. The van der Waals surface area contributed by atoms with Crippen molar-refractivity contribution in [3.8, 4) is 0 Å². The topological polar surface area (TPSA) is 18.5 Å². The molecule has 56 valence electrons.